The van der Waals surface area contributed by atoms with E-state index in [2.05, 4.69) is 16.5 Å². The summed E-state index contributed by atoms with van der Waals surface area (Å²) in [5, 5.41) is 3.04. The van der Waals surface area contributed by atoms with E-state index in [9.17, 15) is 9.59 Å². The van der Waals surface area contributed by atoms with Crippen LogP contribution in [0.15, 0.2) is 36.2 Å². The quantitative estimate of drug-likeness (QED) is 0.834. The number of anilines is 1. The van der Waals surface area contributed by atoms with Crippen molar-refractivity contribution in [2.75, 3.05) is 37.6 Å². The molecule has 3 heterocycles. The topological polar surface area (TPSA) is 56.8 Å². The summed E-state index contributed by atoms with van der Waals surface area (Å²) >= 11 is 1.63. The average molecular weight is 368 g/mol. The van der Waals surface area contributed by atoms with Crippen LogP contribution < -0.4 is 4.90 Å². The minimum Gasteiger partial charge on any atom is -0.345 e. The number of carbonyl (C=O) groups excluding carboxylic acids is 2. The Bertz CT molecular complexity index is 848. The second-order valence-corrected chi connectivity index (χ2v) is 7.36. The lowest BCUT2D eigenvalue weighted by Crippen LogP contribution is -2.51. The molecule has 0 N–H and O–H groups in total. The van der Waals surface area contributed by atoms with Crippen molar-refractivity contribution in [3.05, 3.63) is 53.0 Å². The van der Waals surface area contributed by atoms with E-state index >= 15 is 0 Å². The van der Waals surface area contributed by atoms with Crippen LogP contribution in [0.4, 0.5) is 5.13 Å². The van der Waals surface area contributed by atoms with Gasteiger partial charge in [0.05, 0.1) is 5.69 Å². The third-order valence-electron chi connectivity index (χ3n) is 4.84. The van der Waals surface area contributed by atoms with Crippen LogP contribution in [0.1, 0.15) is 21.6 Å². The first-order chi connectivity index (χ1) is 12.5. The molecule has 6 nitrogen and oxygen atoms in total. The molecule has 0 spiro atoms. The number of benzene rings is 1. The van der Waals surface area contributed by atoms with Crippen molar-refractivity contribution >= 4 is 34.0 Å². The zero-order valence-corrected chi connectivity index (χ0v) is 15.5. The lowest BCUT2D eigenvalue weighted by molar-refractivity contribution is -0.131. The fraction of sp³-hybridized carbons (Fsp3) is 0.316. The Morgan fingerprint density at radius 2 is 1.88 bits per heavy atom. The van der Waals surface area contributed by atoms with Gasteiger partial charge in [-0.25, -0.2) is 4.98 Å². The highest BCUT2D eigenvalue weighted by molar-refractivity contribution is 7.13. The van der Waals surface area contributed by atoms with E-state index in [-0.39, 0.29) is 18.4 Å². The molecule has 1 aromatic carbocycles. The molecule has 4 rings (SSSR count). The van der Waals surface area contributed by atoms with Gasteiger partial charge in [0.15, 0.2) is 5.13 Å². The maximum atomic E-state index is 12.7. The Balaban J connectivity index is 1.38. The highest BCUT2D eigenvalue weighted by Crippen LogP contribution is 2.31. The molecule has 0 radical (unpaired) electrons. The molecule has 2 aromatic rings. The lowest BCUT2D eigenvalue weighted by atomic mass is 10.1. The summed E-state index contributed by atoms with van der Waals surface area (Å²) in [5.74, 6) is -0.182. The van der Waals surface area contributed by atoms with Crippen molar-refractivity contribution < 1.29 is 9.59 Å². The SMILES string of the molecule is C=C1c2ccccc2C(=O)N1CC(=O)N1CCN(c2nc(C)cs2)CC1. The molecule has 2 aliphatic rings. The van der Waals surface area contributed by atoms with Gasteiger partial charge in [0.1, 0.15) is 6.54 Å². The smallest absolute Gasteiger partial charge is 0.259 e. The summed E-state index contributed by atoms with van der Waals surface area (Å²) < 4.78 is 0. The highest BCUT2D eigenvalue weighted by atomic mass is 32.1. The van der Waals surface area contributed by atoms with Gasteiger partial charge in [-0.05, 0) is 13.0 Å². The number of fused-ring (bicyclic) bond motifs is 1. The highest BCUT2D eigenvalue weighted by Gasteiger charge is 2.33. The van der Waals surface area contributed by atoms with Crippen molar-refractivity contribution in [2.45, 2.75) is 6.92 Å². The predicted octanol–water partition coefficient (Wildman–Crippen LogP) is 2.23. The molecule has 0 saturated carbocycles. The zero-order chi connectivity index (χ0) is 18.3. The Labute approximate surface area is 156 Å². The van der Waals surface area contributed by atoms with Crippen LogP contribution in [0.5, 0.6) is 0 Å². The minimum absolute atomic E-state index is 0.0396. The van der Waals surface area contributed by atoms with Gasteiger partial charge in [0.25, 0.3) is 5.91 Å². The number of aryl methyl sites for hydroxylation is 1. The summed E-state index contributed by atoms with van der Waals surface area (Å²) in [6, 6.07) is 7.36. The molecule has 0 unspecified atom stereocenters. The van der Waals surface area contributed by atoms with Gasteiger partial charge in [0.2, 0.25) is 5.91 Å². The van der Waals surface area contributed by atoms with Gasteiger partial charge in [-0.2, -0.15) is 0 Å². The van der Waals surface area contributed by atoms with Crippen molar-refractivity contribution in [3.8, 4) is 0 Å². The van der Waals surface area contributed by atoms with E-state index in [4.69, 9.17) is 0 Å². The lowest BCUT2D eigenvalue weighted by Gasteiger charge is -2.35. The van der Waals surface area contributed by atoms with E-state index < -0.39 is 0 Å². The van der Waals surface area contributed by atoms with Crippen LogP contribution in [0.25, 0.3) is 5.70 Å². The van der Waals surface area contributed by atoms with Crippen LogP contribution >= 0.6 is 11.3 Å². The zero-order valence-electron chi connectivity index (χ0n) is 14.6. The molecule has 0 aliphatic carbocycles. The fourth-order valence-corrected chi connectivity index (χ4v) is 4.23. The number of carbonyl (C=O) groups is 2. The predicted molar refractivity (Wildman–Crippen MR) is 102 cm³/mol. The fourth-order valence-electron chi connectivity index (χ4n) is 3.37. The molecular weight excluding hydrogens is 348 g/mol. The molecule has 1 aromatic heterocycles. The molecule has 1 saturated heterocycles. The molecular formula is C19H20N4O2S. The summed E-state index contributed by atoms with van der Waals surface area (Å²) in [6.07, 6.45) is 0. The monoisotopic (exact) mass is 368 g/mol. The van der Waals surface area contributed by atoms with Gasteiger partial charge in [-0.3, -0.25) is 14.5 Å². The Morgan fingerprint density at radius 1 is 1.19 bits per heavy atom. The van der Waals surface area contributed by atoms with E-state index in [1.165, 1.54) is 4.90 Å². The van der Waals surface area contributed by atoms with E-state index in [1.807, 2.05) is 35.4 Å². The molecule has 1 fully saturated rings. The number of nitrogens with zero attached hydrogens (tertiary/aromatic N) is 4. The van der Waals surface area contributed by atoms with E-state index in [0.717, 1.165) is 29.5 Å². The number of aromatic nitrogens is 1. The van der Waals surface area contributed by atoms with Crippen LogP contribution in [-0.2, 0) is 4.79 Å². The van der Waals surface area contributed by atoms with Gasteiger partial charge in [-0.15, -0.1) is 11.3 Å². The molecule has 0 bridgehead atoms. The third-order valence-corrected chi connectivity index (χ3v) is 5.86. The Morgan fingerprint density at radius 3 is 2.50 bits per heavy atom. The summed E-state index contributed by atoms with van der Waals surface area (Å²) in [4.78, 5) is 35.3. The maximum Gasteiger partial charge on any atom is 0.259 e. The van der Waals surface area contributed by atoms with Gasteiger partial charge >= 0.3 is 0 Å². The molecule has 2 aliphatic heterocycles. The van der Waals surface area contributed by atoms with Gasteiger partial charge < -0.3 is 9.80 Å². The van der Waals surface area contributed by atoms with Crippen molar-refractivity contribution in [3.63, 3.8) is 0 Å². The molecule has 0 atom stereocenters. The van der Waals surface area contributed by atoms with E-state index in [0.29, 0.717) is 24.4 Å². The minimum atomic E-state index is -0.143. The summed E-state index contributed by atoms with van der Waals surface area (Å²) in [5.41, 5.74) is 3.06. The first-order valence-corrected chi connectivity index (χ1v) is 9.47. The average Bonchev–Trinajstić information content (AvgIpc) is 3.20. The van der Waals surface area contributed by atoms with E-state index in [1.54, 1.807) is 17.4 Å². The standard InChI is InChI=1S/C19H20N4O2S/c1-13-12-26-19(20-13)22-9-7-21(8-10-22)17(24)11-23-14(2)15-5-3-4-6-16(15)18(23)25/h3-6,12H,2,7-11H2,1H3. The third kappa shape index (κ3) is 2.88. The van der Waals surface area contributed by atoms with Crippen molar-refractivity contribution in [1.82, 2.24) is 14.8 Å². The second-order valence-electron chi connectivity index (χ2n) is 6.52. The first kappa shape index (κ1) is 16.8. The molecule has 134 valence electrons. The van der Waals surface area contributed by atoms with Gasteiger partial charge in [0, 0.05) is 48.4 Å². The number of hydrogen-bond acceptors (Lipinski definition) is 5. The van der Waals surface area contributed by atoms with Crippen LogP contribution in [0.2, 0.25) is 0 Å². The van der Waals surface area contributed by atoms with Crippen LogP contribution in [0.3, 0.4) is 0 Å². The molecule has 7 heteroatoms. The Kier molecular flexibility index (Phi) is 4.24. The summed E-state index contributed by atoms with van der Waals surface area (Å²) in [6.45, 7) is 8.82. The molecule has 26 heavy (non-hydrogen) atoms. The van der Waals surface area contributed by atoms with Gasteiger partial charge in [-0.1, -0.05) is 24.8 Å². The first-order valence-electron chi connectivity index (χ1n) is 8.59. The number of amides is 2. The van der Waals surface area contributed by atoms with Crippen LogP contribution in [0, 0.1) is 6.92 Å². The Hall–Kier alpha value is -2.67. The molecule has 2 amide bonds. The van der Waals surface area contributed by atoms with Crippen LogP contribution in [-0.4, -0.2) is 59.3 Å². The largest absolute Gasteiger partial charge is 0.345 e. The van der Waals surface area contributed by atoms with Crippen molar-refractivity contribution in [1.29, 1.82) is 0 Å². The summed E-state index contributed by atoms with van der Waals surface area (Å²) in [7, 11) is 0. The maximum absolute atomic E-state index is 12.7. The number of piperazine rings is 1. The number of rotatable bonds is 3. The second kappa shape index (κ2) is 6.57. The van der Waals surface area contributed by atoms with Crippen molar-refractivity contribution in [2.24, 2.45) is 0 Å². The number of hydrogen-bond donors (Lipinski definition) is 0. The number of thiazole rings is 1. The normalized spacial score (nSPS) is 17.0.